The Labute approximate surface area is 136 Å². The van der Waals surface area contributed by atoms with E-state index in [1.807, 2.05) is 60.7 Å². The normalized spacial score (nSPS) is 12.6. The summed E-state index contributed by atoms with van der Waals surface area (Å²) < 4.78 is 7.73. The molecule has 0 N–H and O–H groups in total. The fourth-order valence-electron chi connectivity index (χ4n) is 3.23. The van der Waals surface area contributed by atoms with E-state index in [0.29, 0.717) is 16.4 Å². The fourth-order valence-corrected chi connectivity index (χ4v) is 3.23. The molecule has 0 fully saturated rings. The minimum absolute atomic E-state index is 0.0370. The Balaban J connectivity index is 2.04. The van der Waals surface area contributed by atoms with E-state index in [-0.39, 0.29) is 5.56 Å². The van der Waals surface area contributed by atoms with Gasteiger partial charge >= 0.3 is 0 Å². The minimum Gasteiger partial charge on any atom is -0.453 e. The second-order valence-corrected chi connectivity index (χ2v) is 5.70. The van der Waals surface area contributed by atoms with Gasteiger partial charge in [-0.15, -0.1) is 0 Å². The number of nitrogens with zero attached hydrogens (tertiary/aromatic N) is 2. The number of para-hydroxylation sites is 3. The van der Waals surface area contributed by atoms with Crippen LogP contribution in [0.1, 0.15) is 5.56 Å². The maximum atomic E-state index is 13.1. The molecule has 4 heteroatoms. The van der Waals surface area contributed by atoms with Gasteiger partial charge in [-0.3, -0.25) is 14.3 Å². The van der Waals surface area contributed by atoms with Gasteiger partial charge in [0.2, 0.25) is 0 Å². The van der Waals surface area contributed by atoms with E-state index in [0.717, 1.165) is 22.2 Å². The Morgan fingerprint density at radius 1 is 0.917 bits per heavy atom. The lowest BCUT2D eigenvalue weighted by Crippen LogP contribution is -2.26. The third-order valence-corrected chi connectivity index (χ3v) is 4.29. The highest BCUT2D eigenvalue weighted by molar-refractivity contribution is 5.91. The average Bonchev–Trinajstić information content (AvgIpc) is 2.91. The third kappa shape index (κ3) is 1.74. The van der Waals surface area contributed by atoms with Crippen molar-refractivity contribution in [3.8, 4) is 5.69 Å². The van der Waals surface area contributed by atoms with Crippen molar-refractivity contribution in [2.45, 2.75) is 0 Å². The van der Waals surface area contributed by atoms with Crippen LogP contribution in [0.15, 0.2) is 76.2 Å². The van der Waals surface area contributed by atoms with Crippen molar-refractivity contribution in [2.24, 2.45) is 0 Å². The van der Waals surface area contributed by atoms with E-state index in [4.69, 9.17) is 4.42 Å². The Morgan fingerprint density at radius 2 is 1.71 bits per heavy atom. The van der Waals surface area contributed by atoms with Crippen molar-refractivity contribution in [3.63, 3.8) is 0 Å². The van der Waals surface area contributed by atoms with Gasteiger partial charge in [0.15, 0.2) is 11.2 Å². The number of fused-ring (bicyclic) bond motifs is 2. The first kappa shape index (κ1) is 13.1. The van der Waals surface area contributed by atoms with Crippen molar-refractivity contribution < 1.29 is 4.42 Å². The van der Waals surface area contributed by atoms with Crippen LogP contribution in [0.2, 0.25) is 0 Å². The summed E-state index contributed by atoms with van der Waals surface area (Å²) in [5.41, 5.74) is 3.91. The number of hydrogen-bond donors (Lipinski definition) is 0. The maximum absolute atomic E-state index is 13.1. The fraction of sp³-hybridized carbons (Fsp3) is 0. The molecule has 0 bridgehead atoms. The minimum atomic E-state index is -0.0370. The van der Waals surface area contributed by atoms with Crippen LogP contribution < -0.4 is 10.8 Å². The molecule has 2 aliphatic heterocycles. The van der Waals surface area contributed by atoms with Crippen LogP contribution in [0, 0.1) is 0 Å². The predicted octanol–water partition coefficient (Wildman–Crippen LogP) is 3.12. The molecule has 0 unspecified atom stereocenters. The summed E-state index contributed by atoms with van der Waals surface area (Å²) in [6, 6.07) is 17.1. The zero-order chi connectivity index (χ0) is 16.1. The van der Waals surface area contributed by atoms with E-state index in [2.05, 4.69) is 4.98 Å². The maximum Gasteiger partial charge on any atom is 0.263 e. The molecule has 0 spiro atoms. The van der Waals surface area contributed by atoms with E-state index < -0.39 is 0 Å². The topological polar surface area (TPSA) is 48.0 Å². The Hall–Kier alpha value is -3.40. The van der Waals surface area contributed by atoms with Gasteiger partial charge < -0.3 is 4.42 Å². The van der Waals surface area contributed by atoms with E-state index in [9.17, 15) is 4.79 Å². The first-order valence-corrected chi connectivity index (χ1v) is 7.69. The molecule has 24 heavy (non-hydrogen) atoms. The van der Waals surface area contributed by atoms with E-state index in [1.165, 1.54) is 0 Å². The second kappa shape index (κ2) is 4.80. The van der Waals surface area contributed by atoms with Crippen LogP contribution in [-0.2, 0) is 0 Å². The van der Waals surface area contributed by atoms with Crippen LogP contribution in [-0.4, -0.2) is 9.55 Å². The molecular weight excluding hydrogens is 300 g/mol. The van der Waals surface area contributed by atoms with Gasteiger partial charge in [0.25, 0.3) is 5.56 Å². The van der Waals surface area contributed by atoms with Gasteiger partial charge in [-0.2, -0.15) is 0 Å². The van der Waals surface area contributed by atoms with Gasteiger partial charge in [0.1, 0.15) is 5.69 Å². The summed E-state index contributed by atoms with van der Waals surface area (Å²) in [7, 11) is 0. The van der Waals surface area contributed by atoms with Crippen LogP contribution in [0.3, 0.4) is 0 Å². The molecule has 0 radical (unpaired) electrons. The largest absolute Gasteiger partial charge is 0.453 e. The van der Waals surface area contributed by atoms with E-state index >= 15 is 0 Å². The summed E-state index contributed by atoms with van der Waals surface area (Å²) in [4.78, 5) is 17.2. The van der Waals surface area contributed by atoms with Crippen LogP contribution in [0.5, 0.6) is 0 Å². The first-order valence-electron chi connectivity index (χ1n) is 7.69. The first-order chi connectivity index (χ1) is 11.8. The summed E-state index contributed by atoms with van der Waals surface area (Å²) in [6.07, 6.45) is 5.34. The summed E-state index contributed by atoms with van der Waals surface area (Å²) >= 11 is 0. The number of hydrogen-bond acceptors (Lipinski definition) is 3. The smallest absolute Gasteiger partial charge is 0.263 e. The lowest BCUT2D eigenvalue weighted by atomic mass is 10.1. The summed E-state index contributed by atoms with van der Waals surface area (Å²) in [6.45, 7) is 0. The van der Waals surface area contributed by atoms with Gasteiger partial charge in [0.05, 0.1) is 10.7 Å². The summed E-state index contributed by atoms with van der Waals surface area (Å²) in [5.74, 6) is 0. The number of benzene rings is 2. The van der Waals surface area contributed by atoms with Crippen molar-refractivity contribution >= 4 is 28.1 Å². The SMILES string of the molecule is O=c1/c(=C\c2ccncc2)c2cccc3oc4ccccc4n1-c32. The molecule has 0 atom stereocenters. The molecular formula is C20H12N2O2. The molecule has 5 rings (SSSR count). The quantitative estimate of drug-likeness (QED) is 0.447. The van der Waals surface area contributed by atoms with Gasteiger partial charge in [-0.1, -0.05) is 24.3 Å². The highest BCUT2D eigenvalue weighted by Crippen LogP contribution is 2.28. The number of aromatic nitrogens is 2. The molecule has 114 valence electrons. The van der Waals surface area contributed by atoms with Crippen LogP contribution in [0.25, 0.3) is 33.8 Å². The third-order valence-electron chi connectivity index (χ3n) is 4.29. The average molecular weight is 312 g/mol. The highest BCUT2D eigenvalue weighted by Gasteiger charge is 2.20. The Morgan fingerprint density at radius 3 is 2.58 bits per heavy atom. The van der Waals surface area contributed by atoms with Gasteiger partial charge in [-0.05, 0) is 42.0 Å². The van der Waals surface area contributed by atoms with Crippen LogP contribution >= 0.6 is 0 Å². The van der Waals surface area contributed by atoms with Crippen molar-refractivity contribution in [1.82, 2.24) is 9.55 Å². The molecule has 2 aromatic carbocycles. The molecule has 0 saturated carbocycles. The van der Waals surface area contributed by atoms with Gasteiger partial charge in [-0.25, -0.2) is 0 Å². The predicted molar refractivity (Wildman–Crippen MR) is 93.5 cm³/mol. The molecule has 2 aliphatic rings. The zero-order valence-corrected chi connectivity index (χ0v) is 12.6. The molecule has 4 nitrogen and oxygen atoms in total. The molecule has 3 aromatic rings. The Kier molecular flexibility index (Phi) is 2.61. The second-order valence-electron chi connectivity index (χ2n) is 5.70. The van der Waals surface area contributed by atoms with Crippen molar-refractivity contribution in [2.75, 3.05) is 0 Å². The molecule has 3 heterocycles. The molecule has 0 amide bonds. The zero-order valence-electron chi connectivity index (χ0n) is 12.6. The summed E-state index contributed by atoms with van der Waals surface area (Å²) in [5, 5.41) is 1.56. The lowest BCUT2D eigenvalue weighted by molar-refractivity contribution is 0.646. The molecule has 0 aliphatic carbocycles. The molecule has 0 saturated heterocycles. The number of pyridine rings is 1. The highest BCUT2D eigenvalue weighted by atomic mass is 16.3. The van der Waals surface area contributed by atoms with Crippen molar-refractivity contribution in [3.05, 3.63) is 88.1 Å². The van der Waals surface area contributed by atoms with Gasteiger partial charge in [0, 0.05) is 17.8 Å². The lowest BCUT2D eigenvalue weighted by Gasteiger charge is -2.10. The Bertz CT molecular complexity index is 1270. The number of rotatable bonds is 1. The van der Waals surface area contributed by atoms with Crippen LogP contribution in [0.4, 0.5) is 0 Å². The monoisotopic (exact) mass is 312 g/mol. The van der Waals surface area contributed by atoms with E-state index in [1.54, 1.807) is 17.0 Å². The standard InChI is InChI=1S/C20H12N2O2/c23-20-15(12-13-8-10-21-11-9-13)14-4-3-7-18-19(14)22(20)16-5-1-2-6-17(16)24-18/h1-12H/b15-12-. The molecule has 1 aromatic heterocycles. The van der Waals surface area contributed by atoms with Crippen molar-refractivity contribution in [1.29, 1.82) is 0 Å².